The molecule has 4 nitrogen and oxygen atoms in total. The Morgan fingerprint density at radius 2 is 1.96 bits per heavy atom. The summed E-state index contributed by atoms with van der Waals surface area (Å²) in [6.45, 7) is 4.36. The molecular formula is C19H24BrN3O. The molecule has 1 amide bonds. The molecule has 5 heteroatoms. The number of carbonyl (C=O) groups is 1. The summed E-state index contributed by atoms with van der Waals surface area (Å²) in [6.07, 6.45) is 4.57. The summed E-state index contributed by atoms with van der Waals surface area (Å²) in [5.41, 5.74) is 3.95. The van der Waals surface area contributed by atoms with Gasteiger partial charge in [0.05, 0.1) is 0 Å². The van der Waals surface area contributed by atoms with Crippen molar-refractivity contribution in [3.05, 3.63) is 33.9 Å². The molecule has 24 heavy (non-hydrogen) atoms. The fraction of sp³-hybridized carbons (Fsp3) is 0.526. The molecule has 128 valence electrons. The SMILES string of the molecule is CN1CCc2c(c3cc(Br)ccc3n2CC(=O)N2CCCCC2)C1. The summed E-state index contributed by atoms with van der Waals surface area (Å²) in [7, 11) is 2.17. The van der Waals surface area contributed by atoms with Crippen LogP contribution in [0.15, 0.2) is 22.7 Å². The average Bonchev–Trinajstić information content (AvgIpc) is 2.88. The number of aromatic nitrogens is 1. The van der Waals surface area contributed by atoms with Gasteiger partial charge < -0.3 is 14.4 Å². The first kappa shape index (κ1) is 16.2. The molecule has 1 fully saturated rings. The first-order chi connectivity index (χ1) is 11.6. The highest BCUT2D eigenvalue weighted by Crippen LogP contribution is 2.32. The van der Waals surface area contributed by atoms with Gasteiger partial charge in [0.15, 0.2) is 0 Å². The van der Waals surface area contributed by atoms with Crippen molar-refractivity contribution in [3.8, 4) is 0 Å². The highest BCUT2D eigenvalue weighted by atomic mass is 79.9. The summed E-state index contributed by atoms with van der Waals surface area (Å²) >= 11 is 3.60. The lowest BCUT2D eigenvalue weighted by Gasteiger charge is -2.28. The maximum atomic E-state index is 12.8. The first-order valence-corrected chi connectivity index (χ1v) is 9.68. The molecule has 0 bridgehead atoms. The van der Waals surface area contributed by atoms with Gasteiger partial charge in [-0.25, -0.2) is 0 Å². The second-order valence-electron chi connectivity index (χ2n) is 7.10. The van der Waals surface area contributed by atoms with Gasteiger partial charge >= 0.3 is 0 Å². The number of likely N-dealkylation sites (N-methyl/N-ethyl adjacent to an activating group) is 1. The molecule has 3 heterocycles. The first-order valence-electron chi connectivity index (χ1n) is 8.89. The molecule has 0 aliphatic carbocycles. The Morgan fingerprint density at radius 3 is 2.75 bits per heavy atom. The average molecular weight is 390 g/mol. The van der Waals surface area contributed by atoms with E-state index in [1.165, 1.54) is 28.6 Å². The van der Waals surface area contributed by atoms with E-state index in [1.54, 1.807) is 0 Å². The predicted molar refractivity (Wildman–Crippen MR) is 100 cm³/mol. The Kier molecular flexibility index (Phi) is 4.39. The van der Waals surface area contributed by atoms with E-state index in [4.69, 9.17) is 0 Å². The van der Waals surface area contributed by atoms with Crippen molar-refractivity contribution in [2.75, 3.05) is 26.7 Å². The lowest BCUT2D eigenvalue weighted by atomic mass is 10.1. The van der Waals surface area contributed by atoms with E-state index >= 15 is 0 Å². The second kappa shape index (κ2) is 6.52. The van der Waals surface area contributed by atoms with Crippen LogP contribution in [-0.2, 0) is 24.3 Å². The Hall–Kier alpha value is -1.33. The van der Waals surface area contributed by atoms with Crippen molar-refractivity contribution in [3.63, 3.8) is 0 Å². The van der Waals surface area contributed by atoms with Gasteiger partial charge in [-0.3, -0.25) is 4.79 Å². The largest absolute Gasteiger partial charge is 0.341 e. The Balaban J connectivity index is 1.73. The van der Waals surface area contributed by atoms with Crippen LogP contribution >= 0.6 is 15.9 Å². The molecule has 1 aromatic carbocycles. The number of nitrogens with zero attached hydrogens (tertiary/aromatic N) is 3. The summed E-state index contributed by atoms with van der Waals surface area (Å²) in [5.74, 6) is 0.274. The van der Waals surface area contributed by atoms with E-state index < -0.39 is 0 Å². The standard InChI is InChI=1S/C19H24BrN3O/c1-21-10-7-18-16(12-21)15-11-14(20)5-6-17(15)23(18)13-19(24)22-8-3-2-4-9-22/h5-6,11H,2-4,7-10,12-13H2,1H3. The van der Waals surface area contributed by atoms with Crippen molar-refractivity contribution in [1.82, 2.24) is 14.4 Å². The van der Waals surface area contributed by atoms with Crippen LogP contribution in [0.3, 0.4) is 0 Å². The third-order valence-corrected chi connectivity index (χ3v) is 5.90. The van der Waals surface area contributed by atoms with E-state index in [2.05, 4.69) is 55.5 Å². The number of rotatable bonds is 2. The van der Waals surface area contributed by atoms with Gasteiger partial charge in [0.25, 0.3) is 0 Å². The Bertz CT molecular complexity index is 777. The Labute approximate surface area is 151 Å². The minimum absolute atomic E-state index is 0.274. The van der Waals surface area contributed by atoms with Gasteiger partial charge in [-0.15, -0.1) is 0 Å². The number of halogens is 1. The molecule has 2 aliphatic heterocycles. The minimum Gasteiger partial charge on any atom is -0.341 e. The van der Waals surface area contributed by atoms with Gasteiger partial charge in [-0.2, -0.15) is 0 Å². The summed E-state index contributed by atoms with van der Waals surface area (Å²) in [6, 6.07) is 6.44. The highest BCUT2D eigenvalue weighted by Gasteiger charge is 2.25. The van der Waals surface area contributed by atoms with Crippen LogP contribution < -0.4 is 0 Å². The molecule has 1 aromatic heterocycles. The van der Waals surface area contributed by atoms with Crippen LogP contribution in [0.5, 0.6) is 0 Å². The van der Waals surface area contributed by atoms with Crippen LogP contribution in [0.2, 0.25) is 0 Å². The molecule has 0 atom stereocenters. The predicted octanol–water partition coefficient (Wildman–Crippen LogP) is 3.40. The van der Waals surface area contributed by atoms with Crippen LogP contribution in [-0.4, -0.2) is 47.0 Å². The maximum Gasteiger partial charge on any atom is 0.242 e. The lowest BCUT2D eigenvalue weighted by Crippen LogP contribution is -2.38. The molecule has 0 radical (unpaired) electrons. The number of amides is 1. The molecule has 1 saturated heterocycles. The molecule has 4 rings (SSSR count). The monoisotopic (exact) mass is 389 g/mol. The number of hydrogen-bond donors (Lipinski definition) is 0. The summed E-state index contributed by atoms with van der Waals surface area (Å²) in [4.78, 5) is 17.2. The Morgan fingerprint density at radius 1 is 1.17 bits per heavy atom. The molecule has 0 spiro atoms. The normalized spacial score (nSPS) is 18.8. The zero-order chi connectivity index (χ0) is 16.7. The van der Waals surface area contributed by atoms with Gasteiger partial charge in [-0.1, -0.05) is 15.9 Å². The smallest absolute Gasteiger partial charge is 0.242 e. The van der Waals surface area contributed by atoms with Crippen LogP contribution in [0.25, 0.3) is 10.9 Å². The third-order valence-electron chi connectivity index (χ3n) is 5.41. The fourth-order valence-corrected chi connectivity index (χ4v) is 4.48. The van der Waals surface area contributed by atoms with Crippen molar-refractivity contribution in [2.45, 2.75) is 38.8 Å². The molecule has 0 unspecified atom stereocenters. The number of fused-ring (bicyclic) bond motifs is 3. The zero-order valence-corrected chi connectivity index (χ0v) is 15.8. The molecule has 0 N–H and O–H groups in total. The number of piperidine rings is 1. The summed E-state index contributed by atoms with van der Waals surface area (Å²) in [5, 5.41) is 1.29. The summed E-state index contributed by atoms with van der Waals surface area (Å²) < 4.78 is 3.38. The lowest BCUT2D eigenvalue weighted by molar-refractivity contribution is -0.132. The molecule has 2 aliphatic rings. The van der Waals surface area contributed by atoms with E-state index in [0.717, 1.165) is 49.9 Å². The number of benzene rings is 1. The molecular weight excluding hydrogens is 366 g/mol. The maximum absolute atomic E-state index is 12.8. The van der Waals surface area contributed by atoms with E-state index in [0.29, 0.717) is 6.54 Å². The van der Waals surface area contributed by atoms with Crippen LogP contribution in [0.4, 0.5) is 0 Å². The third kappa shape index (κ3) is 2.88. The van der Waals surface area contributed by atoms with E-state index in [9.17, 15) is 4.79 Å². The quantitative estimate of drug-likeness (QED) is 0.787. The van der Waals surface area contributed by atoms with Gasteiger partial charge in [0.1, 0.15) is 6.54 Å². The van der Waals surface area contributed by atoms with Gasteiger partial charge in [0, 0.05) is 53.7 Å². The van der Waals surface area contributed by atoms with Crippen LogP contribution in [0, 0.1) is 0 Å². The van der Waals surface area contributed by atoms with Gasteiger partial charge in [0.2, 0.25) is 5.91 Å². The van der Waals surface area contributed by atoms with Crippen molar-refractivity contribution < 1.29 is 4.79 Å². The minimum atomic E-state index is 0.274. The fourth-order valence-electron chi connectivity index (χ4n) is 4.12. The number of likely N-dealkylation sites (tertiary alicyclic amines) is 1. The van der Waals surface area contributed by atoms with Crippen molar-refractivity contribution in [1.29, 1.82) is 0 Å². The molecule has 2 aromatic rings. The van der Waals surface area contributed by atoms with E-state index in [-0.39, 0.29) is 5.91 Å². The highest BCUT2D eigenvalue weighted by molar-refractivity contribution is 9.10. The van der Waals surface area contributed by atoms with Crippen LogP contribution in [0.1, 0.15) is 30.5 Å². The van der Waals surface area contributed by atoms with E-state index in [1.807, 2.05) is 0 Å². The van der Waals surface area contributed by atoms with Gasteiger partial charge in [-0.05, 0) is 50.1 Å². The molecule has 0 saturated carbocycles. The van der Waals surface area contributed by atoms with Crippen molar-refractivity contribution >= 4 is 32.7 Å². The van der Waals surface area contributed by atoms with Crippen molar-refractivity contribution in [2.24, 2.45) is 0 Å². The number of hydrogen-bond acceptors (Lipinski definition) is 2. The number of carbonyl (C=O) groups excluding carboxylic acids is 1. The zero-order valence-electron chi connectivity index (χ0n) is 14.2. The second-order valence-corrected chi connectivity index (χ2v) is 8.02. The topological polar surface area (TPSA) is 28.5 Å².